The Bertz CT molecular complexity index is 1240. The van der Waals surface area contributed by atoms with Crippen molar-refractivity contribution in [2.75, 3.05) is 7.11 Å². The molecule has 0 radical (unpaired) electrons. The average molecular weight is 408 g/mol. The van der Waals surface area contributed by atoms with Crippen LogP contribution in [0.15, 0.2) is 96.0 Å². The van der Waals surface area contributed by atoms with Gasteiger partial charge in [-0.05, 0) is 34.0 Å². The molecule has 31 heavy (non-hydrogen) atoms. The van der Waals surface area contributed by atoms with Crippen LogP contribution in [-0.4, -0.2) is 18.0 Å². The molecule has 0 atom stereocenters. The molecule has 1 N–H and O–H groups in total. The molecule has 0 fully saturated rings. The average Bonchev–Trinajstić information content (AvgIpc) is 2.83. The van der Waals surface area contributed by atoms with Crippen LogP contribution in [-0.2, 0) is 19.6 Å². The second-order valence-corrected chi connectivity index (χ2v) is 7.72. The van der Waals surface area contributed by atoms with Gasteiger partial charge in [-0.2, -0.15) is 0 Å². The lowest BCUT2D eigenvalue weighted by Crippen LogP contribution is -2.41. The summed E-state index contributed by atoms with van der Waals surface area (Å²) in [5, 5.41) is 6.14. The fraction of sp³-hybridized carbons (Fsp3) is 0.148. The largest absolute Gasteiger partial charge is 0.496 e. The monoisotopic (exact) mass is 407 g/mol. The van der Waals surface area contributed by atoms with Crippen LogP contribution in [0.25, 0.3) is 10.8 Å². The van der Waals surface area contributed by atoms with Gasteiger partial charge in [0.15, 0.2) is 5.96 Å². The van der Waals surface area contributed by atoms with Crippen molar-refractivity contribution < 1.29 is 4.74 Å². The van der Waals surface area contributed by atoms with Crippen LogP contribution in [0.2, 0.25) is 0 Å². The Labute approximate surface area is 182 Å². The highest BCUT2D eigenvalue weighted by molar-refractivity contribution is 5.88. The predicted molar refractivity (Wildman–Crippen MR) is 127 cm³/mol. The summed E-state index contributed by atoms with van der Waals surface area (Å²) in [6.45, 7) is 2.24. The van der Waals surface area contributed by atoms with E-state index in [2.05, 4.69) is 83.0 Å². The second kappa shape index (κ2) is 8.52. The molecule has 1 aliphatic heterocycles. The molecule has 5 rings (SSSR count). The lowest BCUT2D eigenvalue weighted by Gasteiger charge is -2.31. The SMILES string of the molecule is COc1ccccc1CN1Cc2ccccc2N=C1NCc1cccc2ccccc12. The quantitative estimate of drug-likeness (QED) is 0.465. The van der Waals surface area contributed by atoms with Crippen LogP contribution >= 0.6 is 0 Å². The maximum atomic E-state index is 5.58. The first-order chi connectivity index (χ1) is 15.3. The van der Waals surface area contributed by atoms with E-state index >= 15 is 0 Å². The van der Waals surface area contributed by atoms with Crippen LogP contribution in [0.4, 0.5) is 5.69 Å². The van der Waals surface area contributed by atoms with Crippen molar-refractivity contribution in [3.63, 3.8) is 0 Å². The molecule has 0 bridgehead atoms. The molecule has 4 nitrogen and oxygen atoms in total. The zero-order valence-electron chi connectivity index (χ0n) is 17.6. The molecule has 0 unspecified atom stereocenters. The summed E-state index contributed by atoms with van der Waals surface area (Å²) in [5.41, 5.74) is 4.66. The van der Waals surface area contributed by atoms with E-state index in [-0.39, 0.29) is 0 Å². The number of nitrogens with zero attached hydrogens (tertiary/aromatic N) is 2. The lowest BCUT2D eigenvalue weighted by molar-refractivity contribution is 0.363. The van der Waals surface area contributed by atoms with Gasteiger partial charge in [-0.15, -0.1) is 0 Å². The third kappa shape index (κ3) is 3.97. The van der Waals surface area contributed by atoms with Crippen LogP contribution in [0.3, 0.4) is 0 Å². The fourth-order valence-corrected chi connectivity index (χ4v) is 4.16. The number of benzene rings is 4. The van der Waals surface area contributed by atoms with Crippen LogP contribution < -0.4 is 10.1 Å². The third-order valence-corrected chi connectivity index (χ3v) is 5.75. The van der Waals surface area contributed by atoms with Crippen LogP contribution in [0, 0.1) is 0 Å². The van der Waals surface area contributed by atoms with E-state index in [9.17, 15) is 0 Å². The molecular formula is C27H25N3O. The topological polar surface area (TPSA) is 36.9 Å². The third-order valence-electron chi connectivity index (χ3n) is 5.75. The Morgan fingerprint density at radius 3 is 2.52 bits per heavy atom. The number of guanidine groups is 1. The molecule has 1 aliphatic rings. The maximum Gasteiger partial charge on any atom is 0.200 e. The van der Waals surface area contributed by atoms with Crippen molar-refractivity contribution >= 4 is 22.4 Å². The molecule has 4 aromatic rings. The summed E-state index contributed by atoms with van der Waals surface area (Å²) in [5.74, 6) is 1.78. The van der Waals surface area contributed by atoms with Gasteiger partial charge in [0, 0.05) is 25.2 Å². The predicted octanol–water partition coefficient (Wildman–Crippen LogP) is 5.64. The summed E-state index contributed by atoms with van der Waals surface area (Å²) >= 11 is 0. The van der Waals surface area contributed by atoms with Crippen LogP contribution in [0.1, 0.15) is 16.7 Å². The van der Waals surface area contributed by atoms with E-state index in [1.54, 1.807) is 7.11 Å². The van der Waals surface area contributed by atoms with Crippen molar-refractivity contribution in [3.8, 4) is 5.75 Å². The van der Waals surface area contributed by atoms with Gasteiger partial charge in [0.05, 0.1) is 12.8 Å². The van der Waals surface area contributed by atoms with E-state index in [0.29, 0.717) is 6.54 Å². The highest BCUT2D eigenvalue weighted by Gasteiger charge is 2.21. The van der Waals surface area contributed by atoms with E-state index in [1.807, 2.05) is 18.2 Å². The number of hydrogen-bond acceptors (Lipinski definition) is 4. The molecule has 4 aromatic carbocycles. The first-order valence-corrected chi connectivity index (χ1v) is 10.6. The molecule has 0 aliphatic carbocycles. The minimum absolute atomic E-state index is 0.713. The van der Waals surface area contributed by atoms with Gasteiger partial charge in [-0.3, -0.25) is 0 Å². The highest BCUT2D eigenvalue weighted by atomic mass is 16.5. The summed E-state index contributed by atoms with van der Waals surface area (Å²) in [4.78, 5) is 7.25. The molecule has 0 saturated heterocycles. The molecule has 0 saturated carbocycles. The minimum Gasteiger partial charge on any atom is -0.496 e. The normalized spacial score (nSPS) is 12.9. The number of fused-ring (bicyclic) bond motifs is 2. The standard InChI is InChI=1S/C27H25N3O/c1-31-26-16-7-4-11-23(26)19-30-18-22-10-3-6-15-25(22)29-27(30)28-17-21-13-8-12-20-9-2-5-14-24(20)21/h2-16H,17-19H2,1H3,(H,28,29). The Hall–Kier alpha value is -3.79. The number of nitrogens with one attached hydrogen (secondary N) is 1. The summed E-state index contributed by atoms with van der Waals surface area (Å²) in [6.07, 6.45) is 0. The van der Waals surface area contributed by atoms with Gasteiger partial charge < -0.3 is 15.0 Å². The Morgan fingerprint density at radius 1 is 0.839 bits per heavy atom. The molecule has 0 amide bonds. The first-order valence-electron chi connectivity index (χ1n) is 10.6. The number of ether oxygens (including phenoxy) is 1. The van der Waals surface area contributed by atoms with Crippen LogP contribution in [0.5, 0.6) is 5.75 Å². The maximum absolute atomic E-state index is 5.58. The second-order valence-electron chi connectivity index (χ2n) is 7.72. The van der Waals surface area contributed by atoms with Gasteiger partial charge in [0.25, 0.3) is 0 Å². The fourth-order valence-electron chi connectivity index (χ4n) is 4.16. The van der Waals surface area contributed by atoms with Crippen molar-refractivity contribution in [1.82, 2.24) is 10.2 Å². The molecule has 0 aromatic heterocycles. The Morgan fingerprint density at radius 2 is 1.58 bits per heavy atom. The summed E-state index contributed by atoms with van der Waals surface area (Å²) < 4.78 is 5.58. The van der Waals surface area contributed by atoms with Crippen molar-refractivity contribution in [3.05, 3.63) is 108 Å². The number of rotatable bonds is 5. The zero-order chi connectivity index (χ0) is 21.0. The van der Waals surface area contributed by atoms with Gasteiger partial charge in [0.2, 0.25) is 0 Å². The summed E-state index contributed by atoms with van der Waals surface area (Å²) in [6, 6.07) is 31.5. The smallest absolute Gasteiger partial charge is 0.200 e. The number of hydrogen-bond donors (Lipinski definition) is 1. The first kappa shape index (κ1) is 19.2. The van der Waals surface area contributed by atoms with E-state index in [1.165, 1.54) is 21.9 Å². The highest BCUT2D eigenvalue weighted by Crippen LogP contribution is 2.28. The Kier molecular flexibility index (Phi) is 5.28. The molecule has 0 spiro atoms. The Balaban J connectivity index is 1.45. The van der Waals surface area contributed by atoms with Crippen molar-refractivity contribution in [2.24, 2.45) is 4.99 Å². The van der Waals surface area contributed by atoms with Gasteiger partial charge in [-0.25, -0.2) is 4.99 Å². The molecule has 1 heterocycles. The van der Waals surface area contributed by atoms with Gasteiger partial charge >= 0.3 is 0 Å². The molecule has 154 valence electrons. The molecule has 4 heteroatoms. The zero-order valence-corrected chi connectivity index (χ0v) is 17.6. The van der Waals surface area contributed by atoms with E-state index in [0.717, 1.165) is 36.0 Å². The lowest BCUT2D eigenvalue weighted by atomic mass is 10.0. The number of para-hydroxylation sites is 2. The number of aliphatic imine (C=N–C) groups is 1. The minimum atomic E-state index is 0.713. The van der Waals surface area contributed by atoms with E-state index < -0.39 is 0 Å². The molecular weight excluding hydrogens is 382 g/mol. The van der Waals surface area contributed by atoms with Gasteiger partial charge in [0.1, 0.15) is 5.75 Å². The summed E-state index contributed by atoms with van der Waals surface area (Å²) in [7, 11) is 1.72. The van der Waals surface area contributed by atoms with Crippen molar-refractivity contribution in [2.45, 2.75) is 19.6 Å². The van der Waals surface area contributed by atoms with E-state index in [4.69, 9.17) is 9.73 Å². The van der Waals surface area contributed by atoms with Gasteiger partial charge in [-0.1, -0.05) is 78.9 Å². The van der Waals surface area contributed by atoms with Crippen molar-refractivity contribution in [1.29, 1.82) is 0 Å². The number of methoxy groups -OCH3 is 1.